The van der Waals surface area contributed by atoms with Crippen molar-refractivity contribution in [2.24, 2.45) is 0 Å². The van der Waals surface area contributed by atoms with Crippen LogP contribution in [-0.4, -0.2) is 17.2 Å². The van der Waals surface area contributed by atoms with E-state index in [9.17, 15) is 4.79 Å². The highest BCUT2D eigenvalue weighted by atomic mass is 79.9. The third-order valence-electron chi connectivity index (χ3n) is 3.35. The molecule has 1 aromatic carbocycles. The van der Waals surface area contributed by atoms with E-state index in [0.29, 0.717) is 11.7 Å². The molecule has 0 aliphatic heterocycles. The quantitative estimate of drug-likeness (QED) is 0.649. The lowest BCUT2D eigenvalue weighted by Crippen LogP contribution is -2.37. The van der Waals surface area contributed by atoms with Gasteiger partial charge in [-0.2, -0.15) is 0 Å². The molecule has 0 heterocycles. The van der Waals surface area contributed by atoms with Crippen molar-refractivity contribution < 1.29 is 4.79 Å². The van der Waals surface area contributed by atoms with Crippen molar-refractivity contribution in [3.63, 3.8) is 0 Å². The molecule has 1 saturated carbocycles. The Labute approximate surface area is 126 Å². The molecule has 1 unspecified atom stereocenters. The summed E-state index contributed by atoms with van der Waals surface area (Å²) in [4.78, 5) is 13.1. The van der Waals surface area contributed by atoms with E-state index in [2.05, 4.69) is 21.2 Å². The first-order valence-electron chi connectivity index (χ1n) is 6.58. The summed E-state index contributed by atoms with van der Waals surface area (Å²) in [7, 11) is 0. The number of hydrogen-bond donors (Lipinski definition) is 2. The number of thioether (sulfide) groups is 1. The largest absolute Gasteiger partial charge is 0.398 e. The Bertz CT molecular complexity index is 461. The summed E-state index contributed by atoms with van der Waals surface area (Å²) in [6, 6.07) is 6.09. The van der Waals surface area contributed by atoms with Crippen molar-refractivity contribution in [2.45, 2.75) is 48.8 Å². The molecule has 5 heteroatoms. The van der Waals surface area contributed by atoms with Crippen LogP contribution in [0.5, 0.6) is 0 Å². The summed E-state index contributed by atoms with van der Waals surface area (Å²) < 4.78 is 0.979. The first-order chi connectivity index (χ1) is 9.06. The molecular formula is C14H19BrN2OS. The lowest BCUT2D eigenvalue weighted by Gasteiger charge is -2.17. The van der Waals surface area contributed by atoms with Gasteiger partial charge in [-0.05, 0) is 38.0 Å². The molecular weight excluding hydrogens is 324 g/mol. The highest BCUT2D eigenvalue weighted by Crippen LogP contribution is 2.31. The number of rotatable bonds is 4. The van der Waals surface area contributed by atoms with Crippen LogP contribution in [0.15, 0.2) is 27.6 Å². The third kappa shape index (κ3) is 4.14. The summed E-state index contributed by atoms with van der Waals surface area (Å²) in [5.41, 5.74) is 6.64. The van der Waals surface area contributed by atoms with Gasteiger partial charge in [-0.15, -0.1) is 11.8 Å². The molecule has 1 aromatic rings. The van der Waals surface area contributed by atoms with E-state index < -0.39 is 0 Å². The van der Waals surface area contributed by atoms with Crippen LogP contribution < -0.4 is 11.1 Å². The second kappa shape index (κ2) is 6.66. The van der Waals surface area contributed by atoms with Gasteiger partial charge in [0, 0.05) is 21.1 Å². The molecule has 19 heavy (non-hydrogen) atoms. The number of carbonyl (C=O) groups is 1. The molecule has 0 radical (unpaired) electrons. The normalized spacial score (nSPS) is 17.4. The van der Waals surface area contributed by atoms with Crippen molar-refractivity contribution in [1.82, 2.24) is 5.32 Å². The highest BCUT2D eigenvalue weighted by Gasteiger charge is 2.21. The Balaban J connectivity index is 1.93. The minimum atomic E-state index is -0.128. The van der Waals surface area contributed by atoms with Gasteiger partial charge in [-0.25, -0.2) is 0 Å². The van der Waals surface area contributed by atoms with E-state index in [4.69, 9.17) is 5.73 Å². The minimum absolute atomic E-state index is 0.108. The van der Waals surface area contributed by atoms with Gasteiger partial charge < -0.3 is 11.1 Å². The van der Waals surface area contributed by atoms with Crippen LogP contribution in [-0.2, 0) is 4.79 Å². The number of amides is 1. The molecule has 1 aliphatic rings. The van der Waals surface area contributed by atoms with Crippen LogP contribution in [0.4, 0.5) is 5.69 Å². The fraction of sp³-hybridized carbons (Fsp3) is 0.500. The number of benzene rings is 1. The zero-order valence-corrected chi connectivity index (χ0v) is 13.4. The molecule has 2 rings (SSSR count). The van der Waals surface area contributed by atoms with E-state index >= 15 is 0 Å². The van der Waals surface area contributed by atoms with E-state index in [1.807, 2.05) is 25.1 Å². The Kier molecular flexibility index (Phi) is 5.16. The van der Waals surface area contributed by atoms with Gasteiger partial charge in [0.25, 0.3) is 0 Å². The van der Waals surface area contributed by atoms with E-state index in [1.165, 1.54) is 24.6 Å². The van der Waals surface area contributed by atoms with Gasteiger partial charge >= 0.3 is 0 Å². The van der Waals surface area contributed by atoms with Gasteiger partial charge in [0.1, 0.15) is 0 Å². The van der Waals surface area contributed by atoms with Crippen LogP contribution in [0, 0.1) is 0 Å². The third-order valence-corrected chi connectivity index (χ3v) is 5.02. The molecule has 3 nitrogen and oxygen atoms in total. The van der Waals surface area contributed by atoms with Crippen LogP contribution in [0.1, 0.15) is 32.6 Å². The summed E-state index contributed by atoms with van der Waals surface area (Å²) in [6.07, 6.45) is 4.68. The molecule has 1 aliphatic carbocycles. The number of nitrogen functional groups attached to an aromatic ring is 1. The van der Waals surface area contributed by atoms with Crippen molar-refractivity contribution in [3.05, 3.63) is 22.7 Å². The van der Waals surface area contributed by atoms with E-state index in [-0.39, 0.29) is 11.2 Å². The molecule has 0 spiro atoms. The standard InChI is InChI=1S/C14H19BrN2OS/c1-9(14(18)17-11-4-2-3-5-11)19-13-8-10(15)6-7-12(13)16/h6-9,11H,2-5,16H2,1H3,(H,17,18). The number of nitrogens with one attached hydrogen (secondary N) is 1. The van der Waals surface area contributed by atoms with Crippen LogP contribution in [0.3, 0.4) is 0 Å². The number of anilines is 1. The van der Waals surface area contributed by atoms with Gasteiger partial charge in [0.05, 0.1) is 5.25 Å². The van der Waals surface area contributed by atoms with Crippen LogP contribution >= 0.6 is 27.7 Å². The molecule has 0 saturated heterocycles. The van der Waals surface area contributed by atoms with Crippen molar-refractivity contribution >= 4 is 39.3 Å². The fourth-order valence-electron chi connectivity index (χ4n) is 2.24. The zero-order valence-electron chi connectivity index (χ0n) is 11.0. The molecule has 1 atom stereocenters. The predicted octanol–water partition coefficient (Wildman–Crippen LogP) is 3.57. The first kappa shape index (κ1) is 14.7. The molecule has 0 aromatic heterocycles. The van der Waals surface area contributed by atoms with Crippen molar-refractivity contribution in [2.75, 3.05) is 5.73 Å². The van der Waals surface area contributed by atoms with E-state index in [1.54, 1.807) is 0 Å². The summed E-state index contributed by atoms with van der Waals surface area (Å²) in [5, 5.41) is 2.99. The average Bonchev–Trinajstić information content (AvgIpc) is 2.86. The summed E-state index contributed by atoms with van der Waals surface area (Å²) in [6.45, 7) is 1.93. The Morgan fingerprint density at radius 1 is 1.47 bits per heavy atom. The van der Waals surface area contributed by atoms with Gasteiger partial charge in [0.2, 0.25) is 5.91 Å². The number of hydrogen-bond acceptors (Lipinski definition) is 3. The summed E-state index contributed by atoms with van der Waals surface area (Å²) >= 11 is 4.93. The summed E-state index contributed by atoms with van der Waals surface area (Å²) in [5.74, 6) is 0.108. The lowest BCUT2D eigenvalue weighted by atomic mass is 10.2. The Hall–Kier alpha value is -0.680. The second-order valence-electron chi connectivity index (χ2n) is 4.93. The fourth-order valence-corrected chi connectivity index (χ4v) is 3.71. The molecule has 1 fully saturated rings. The van der Waals surface area contributed by atoms with Gasteiger partial charge in [-0.1, -0.05) is 28.8 Å². The molecule has 3 N–H and O–H groups in total. The SMILES string of the molecule is CC(Sc1cc(Br)ccc1N)C(=O)NC1CCCC1. The van der Waals surface area contributed by atoms with Crippen LogP contribution in [0.25, 0.3) is 0 Å². The van der Waals surface area contributed by atoms with Gasteiger partial charge in [0.15, 0.2) is 0 Å². The maximum atomic E-state index is 12.1. The zero-order chi connectivity index (χ0) is 13.8. The maximum absolute atomic E-state index is 12.1. The van der Waals surface area contributed by atoms with E-state index in [0.717, 1.165) is 22.2 Å². The molecule has 0 bridgehead atoms. The van der Waals surface area contributed by atoms with Crippen molar-refractivity contribution in [3.8, 4) is 0 Å². The minimum Gasteiger partial charge on any atom is -0.398 e. The Morgan fingerprint density at radius 2 is 2.16 bits per heavy atom. The molecule has 1 amide bonds. The van der Waals surface area contributed by atoms with Gasteiger partial charge in [-0.3, -0.25) is 4.79 Å². The lowest BCUT2D eigenvalue weighted by molar-refractivity contribution is -0.120. The highest BCUT2D eigenvalue weighted by molar-refractivity contribution is 9.10. The van der Waals surface area contributed by atoms with Crippen molar-refractivity contribution in [1.29, 1.82) is 0 Å². The number of halogens is 1. The number of carbonyl (C=O) groups excluding carboxylic acids is 1. The Morgan fingerprint density at radius 3 is 2.84 bits per heavy atom. The maximum Gasteiger partial charge on any atom is 0.233 e. The average molecular weight is 343 g/mol. The smallest absolute Gasteiger partial charge is 0.233 e. The predicted molar refractivity (Wildman–Crippen MR) is 84.3 cm³/mol. The molecule has 104 valence electrons. The number of nitrogens with two attached hydrogens (primary N) is 1. The second-order valence-corrected chi connectivity index (χ2v) is 7.23. The van der Waals surface area contributed by atoms with Crippen LogP contribution in [0.2, 0.25) is 0 Å². The monoisotopic (exact) mass is 342 g/mol. The topological polar surface area (TPSA) is 55.1 Å². The first-order valence-corrected chi connectivity index (χ1v) is 8.25.